The minimum absolute atomic E-state index is 0.151. The highest BCUT2D eigenvalue weighted by Gasteiger charge is 2.17. The number of furan rings is 1. The number of anilines is 2. The molecule has 100 valence electrons. The van der Waals surface area contributed by atoms with Crippen molar-refractivity contribution in [2.45, 2.75) is 13.5 Å². The molecule has 19 heavy (non-hydrogen) atoms. The number of hydrogen-bond donors (Lipinski definition) is 2. The van der Waals surface area contributed by atoms with E-state index in [1.807, 2.05) is 13.0 Å². The third-order valence-corrected chi connectivity index (χ3v) is 2.42. The molecule has 0 radical (unpaired) electrons. The highest BCUT2D eigenvalue weighted by atomic mass is 16.6. The van der Waals surface area contributed by atoms with Gasteiger partial charge in [0.2, 0.25) is 11.8 Å². The Kier molecular flexibility index (Phi) is 3.60. The Bertz CT molecular complexity index is 596. The lowest BCUT2D eigenvalue weighted by Crippen LogP contribution is -2.07. The molecule has 0 fully saturated rings. The molecule has 0 aliphatic heterocycles. The molecule has 2 heterocycles. The molecule has 8 heteroatoms. The molecule has 2 rings (SSSR count). The summed E-state index contributed by atoms with van der Waals surface area (Å²) in [6.07, 6.45) is 1.16. The van der Waals surface area contributed by atoms with Gasteiger partial charge in [-0.15, -0.1) is 0 Å². The van der Waals surface area contributed by atoms with E-state index in [0.717, 1.165) is 12.0 Å². The second-order valence-electron chi connectivity index (χ2n) is 3.80. The molecule has 2 aromatic rings. The highest BCUT2D eigenvalue weighted by molar-refractivity contribution is 5.56. The molecular formula is C11H13N5O3. The molecule has 0 aliphatic carbocycles. The Balaban J connectivity index is 2.19. The Morgan fingerprint density at radius 1 is 1.47 bits per heavy atom. The average Bonchev–Trinajstić information content (AvgIpc) is 2.81. The van der Waals surface area contributed by atoms with Gasteiger partial charge in [-0.1, -0.05) is 0 Å². The third kappa shape index (κ3) is 2.97. The number of nitrogens with zero attached hydrogens (tertiary/aromatic N) is 3. The fourth-order valence-corrected chi connectivity index (χ4v) is 1.51. The largest absolute Gasteiger partial charge is 0.465 e. The first-order valence-electron chi connectivity index (χ1n) is 5.58. The van der Waals surface area contributed by atoms with Gasteiger partial charge in [0.1, 0.15) is 17.7 Å². The predicted octanol–water partition coefficient (Wildman–Crippen LogP) is 1.94. The normalized spacial score (nSPS) is 10.2. The average molecular weight is 263 g/mol. The van der Waals surface area contributed by atoms with Crippen molar-refractivity contribution in [3.05, 3.63) is 40.0 Å². The number of aryl methyl sites for hydroxylation is 1. The van der Waals surface area contributed by atoms with E-state index in [1.54, 1.807) is 13.1 Å². The third-order valence-electron chi connectivity index (χ3n) is 2.42. The Morgan fingerprint density at radius 3 is 2.84 bits per heavy atom. The fourth-order valence-electron chi connectivity index (χ4n) is 1.51. The van der Waals surface area contributed by atoms with Crippen molar-refractivity contribution < 1.29 is 9.34 Å². The second-order valence-corrected chi connectivity index (χ2v) is 3.80. The first-order chi connectivity index (χ1) is 9.10. The van der Waals surface area contributed by atoms with Crippen molar-refractivity contribution in [2.24, 2.45) is 0 Å². The maximum atomic E-state index is 10.9. The zero-order valence-electron chi connectivity index (χ0n) is 10.5. The second kappa shape index (κ2) is 5.34. The molecule has 0 aromatic carbocycles. The molecule has 8 nitrogen and oxygen atoms in total. The van der Waals surface area contributed by atoms with Crippen LogP contribution in [0.25, 0.3) is 0 Å². The van der Waals surface area contributed by atoms with Gasteiger partial charge in [0.25, 0.3) is 0 Å². The predicted molar refractivity (Wildman–Crippen MR) is 69.0 cm³/mol. The number of aromatic nitrogens is 2. The van der Waals surface area contributed by atoms with Crippen LogP contribution in [0.2, 0.25) is 0 Å². The van der Waals surface area contributed by atoms with Gasteiger partial charge in [-0.2, -0.15) is 4.98 Å². The maximum absolute atomic E-state index is 10.9. The van der Waals surface area contributed by atoms with Gasteiger partial charge in [-0.25, -0.2) is 4.98 Å². The standard InChI is InChI=1S/C11H13N5O3/c1-7-3-4-8(19-7)5-13-10-9(16(17)18)6-14-11(12-2)15-10/h3-4,6H,5H2,1-2H3,(H2,12,13,14,15). The maximum Gasteiger partial charge on any atom is 0.329 e. The smallest absolute Gasteiger partial charge is 0.329 e. The summed E-state index contributed by atoms with van der Waals surface area (Å²) in [5, 5.41) is 16.5. The zero-order valence-corrected chi connectivity index (χ0v) is 10.5. The number of nitro groups is 1. The van der Waals surface area contributed by atoms with Crippen LogP contribution >= 0.6 is 0 Å². The van der Waals surface area contributed by atoms with Gasteiger partial charge in [0.05, 0.1) is 11.5 Å². The molecule has 0 bridgehead atoms. The van der Waals surface area contributed by atoms with Gasteiger partial charge < -0.3 is 15.1 Å². The van der Waals surface area contributed by atoms with Crippen LogP contribution in [0.5, 0.6) is 0 Å². The number of nitrogens with one attached hydrogen (secondary N) is 2. The lowest BCUT2D eigenvalue weighted by Gasteiger charge is -2.06. The molecule has 0 saturated heterocycles. The molecule has 0 aliphatic rings. The van der Waals surface area contributed by atoms with Crippen molar-refractivity contribution in [1.29, 1.82) is 0 Å². The van der Waals surface area contributed by atoms with E-state index in [9.17, 15) is 10.1 Å². The van der Waals surface area contributed by atoms with Crippen LogP contribution in [-0.2, 0) is 6.54 Å². The summed E-state index contributed by atoms with van der Waals surface area (Å²) in [6.45, 7) is 2.14. The van der Waals surface area contributed by atoms with Crippen LogP contribution in [0.15, 0.2) is 22.7 Å². The van der Waals surface area contributed by atoms with Gasteiger partial charge in [0, 0.05) is 7.05 Å². The minimum Gasteiger partial charge on any atom is -0.465 e. The summed E-state index contributed by atoms with van der Waals surface area (Å²) < 4.78 is 5.37. The van der Waals surface area contributed by atoms with Crippen LogP contribution in [0, 0.1) is 17.0 Å². The van der Waals surface area contributed by atoms with Crippen LogP contribution in [-0.4, -0.2) is 21.9 Å². The molecule has 2 N–H and O–H groups in total. The lowest BCUT2D eigenvalue weighted by molar-refractivity contribution is -0.384. The molecule has 0 saturated carbocycles. The quantitative estimate of drug-likeness (QED) is 0.627. The van der Waals surface area contributed by atoms with Crippen LogP contribution in [0.1, 0.15) is 11.5 Å². The minimum atomic E-state index is -0.533. The SMILES string of the molecule is CNc1ncc([N+](=O)[O-])c(NCc2ccc(C)o2)n1. The summed E-state index contributed by atoms with van der Waals surface area (Å²) in [5.41, 5.74) is -0.178. The van der Waals surface area contributed by atoms with E-state index in [1.165, 1.54) is 0 Å². The zero-order chi connectivity index (χ0) is 13.8. The van der Waals surface area contributed by atoms with Gasteiger partial charge in [-0.3, -0.25) is 10.1 Å². The van der Waals surface area contributed by atoms with E-state index < -0.39 is 4.92 Å². The molecule has 0 unspecified atom stereocenters. The van der Waals surface area contributed by atoms with Crippen molar-refractivity contribution in [1.82, 2.24) is 9.97 Å². The monoisotopic (exact) mass is 263 g/mol. The summed E-state index contributed by atoms with van der Waals surface area (Å²) in [6, 6.07) is 3.62. The topological polar surface area (TPSA) is 106 Å². The van der Waals surface area contributed by atoms with Gasteiger partial charge >= 0.3 is 5.69 Å². The fraction of sp³-hybridized carbons (Fsp3) is 0.273. The van der Waals surface area contributed by atoms with Gasteiger partial charge in [0.15, 0.2) is 0 Å². The molecular weight excluding hydrogens is 250 g/mol. The van der Waals surface area contributed by atoms with E-state index in [2.05, 4.69) is 20.6 Å². The molecule has 2 aromatic heterocycles. The van der Waals surface area contributed by atoms with E-state index in [-0.39, 0.29) is 11.5 Å². The summed E-state index contributed by atoms with van der Waals surface area (Å²) in [4.78, 5) is 18.2. The Morgan fingerprint density at radius 2 is 2.26 bits per heavy atom. The van der Waals surface area contributed by atoms with E-state index >= 15 is 0 Å². The van der Waals surface area contributed by atoms with Crippen LogP contribution < -0.4 is 10.6 Å². The summed E-state index contributed by atoms with van der Waals surface area (Å²) in [5.74, 6) is 1.92. The van der Waals surface area contributed by atoms with Gasteiger partial charge in [-0.05, 0) is 19.1 Å². The lowest BCUT2D eigenvalue weighted by atomic mass is 10.4. The molecule has 0 atom stereocenters. The molecule has 0 amide bonds. The summed E-state index contributed by atoms with van der Waals surface area (Å²) in [7, 11) is 1.64. The number of hydrogen-bond acceptors (Lipinski definition) is 7. The van der Waals surface area contributed by atoms with E-state index in [0.29, 0.717) is 18.3 Å². The number of rotatable bonds is 5. The highest BCUT2D eigenvalue weighted by Crippen LogP contribution is 2.22. The van der Waals surface area contributed by atoms with Crippen molar-refractivity contribution in [3.63, 3.8) is 0 Å². The van der Waals surface area contributed by atoms with Crippen LogP contribution in [0.3, 0.4) is 0 Å². The molecule has 0 spiro atoms. The Labute approximate surface area is 109 Å². The van der Waals surface area contributed by atoms with E-state index in [4.69, 9.17) is 4.42 Å². The Hall–Kier alpha value is -2.64. The van der Waals surface area contributed by atoms with Crippen molar-refractivity contribution >= 4 is 17.5 Å². The first kappa shape index (κ1) is 12.8. The summed E-state index contributed by atoms with van der Waals surface area (Å²) >= 11 is 0. The van der Waals surface area contributed by atoms with Crippen molar-refractivity contribution in [2.75, 3.05) is 17.7 Å². The van der Waals surface area contributed by atoms with Crippen molar-refractivity contribution in [3.8, 4) is 0 Å². The van der Waals surface area contributed by atoms with Crippen LogP contribution in [0.4, 0.5) is 17.5 Å². The first-order valence-corrected chi connectivity index (χ1v) is 5.58.